The molecule has 1 heterocycles. The molecule has 1 aromatic heterocycles. The third kappa shape index (κ3) is 2.34. The molecule has 0 spiro atoms. The fraction of sp³-hybridized carbons (Fsp3) is 0.357. The quantitative estimate of drug-likeness (QED) is 0.875. The summed E-state index contributed by atoms with van der Waals surface area (Å²) in [6.45, 7) is 8.54. The van der Waals surface area contributed by atoms with E-state index < -0.39 is 0 Å². The minimum atomic E-state index is 0.365. The highest BCUT2D eigenvalue weighted by Crippen LogP contribution is 2.34. The second-order valence-corrected chi connectivity index (χ2v) is 5.65. The highest BCUT2D eigenvalue weighted by Gasteiger charge is 2.16. The second-order valence-electron chi connectivity index (χ2n) is 4.58. The van der Waals surface area contributed by atoms with Crippen molar-refractivity contribution in [1.82, 2.24) is 4.98 Å². The van der Waals surface area contributed by atoms with E-state index in [-0.39, 0.29) is 0 Å². The molecule has 0 aliphatic rings. The molecule has 2 rings (SSSR count). The number of aromatic nitrogens is 1. The molecule has 0 aliphatic heterocycles. The van der Waals surface area contributed by atoms with E-state index in [9.17, 15) is 0 Å². The Morgan fingerprint density at radius 3 is 2.53 bits per heavy atom. The molecule has 3 heteroatoms. The van der Waals surface area contributed by atoms with E-state index in [0.717, 1.165) is 5.69 Å². The average molecular weight is 246 g/mol. The van der Waals surface area contributed by atoms with Crippen LogP contribution in [0, 0.1) is 20.8 Å². The van der Waals surface area contributed by atoms with Gasteiger partial charge < -0.3 is 5.73 Å². The van der Waals surface area contributed by atoms with Crippen molar-refractivity contribution in [2.24, 2.45) is 0 Å². The van der Waals surface area contributed by atoms with Gasteiger partial charge in [0.1, 0.15) is 0 Å². The first-order chi connectivity index (χ1) is 7.99. The summed E-state index contributed by atoms with van der Waals surface area (Å²) in [6, 6.07) is 6.59. The molecule has 0 saturated heterocycles. The van der Waals surface area contributed by atoms with Crippen LogP contribution in [-0.2, 0) is 0 Å². The number of thiazole rings is 1. The van der Waals surface area contributed by atoms with Gasteiger partial charge in [-0.2, -0.15) is 0 Å². The van der Waals surface area contributed by atoms with Crippen molar-refractivity contribution >= 4 is 16.5 Å². The number of nitrogen functional groups attached to an aromatic ring is 1. The summed E-state index contributed by atoms with van der Waals surface area (Å²) in [7, 11) is 0. The van der Waals surface area contributed by atoms with Crippen LogP contribution in [0.25, 0.3) is 0 Å². The van der Waals surface area contributed by atoms with Crippen molar-refractivity contribution in [1.29, 1.82) is 0 Å². The molecule has 2 N–H and O–H groups in total. The lowest BCUT2D eigenvalue weighted by atomic mass is 9.93. The maximum Gasteiger partial charge on any atom is 0.180 e. The molecule has 2 aromatic rings. The van der Waals surface area contributed by atoms with Crippen LogP contribution in [0.2, 0.25) is 0 Å². The zero-order chi connectivity index (χ0) is 12.6. The monoisotopic (exact) mass is 246 g/mol. The number of hydrogen-bond donors (Lipinski definition) is 1. The first-order valence-electron chi connectivity index (χ1n) is 5.79. The third-order valence-electron chi connectivity index (χ3n) is 3.14. The summed E-state index contributed by atoms with van der Waals surface area (Å²) < 4.78 is 0. The maximum absolute atomic E-state index is 5.77. The lowest BCUT2D eigenvalue weighted by molar-refractivity contribution is 0.912. The molecule has 90 valence electrons. The molecular formula is C14H18N2S. The van der Waals surface area contributed by atoms with Crippen LogP contribution in [0.15, 0.2) is 18.2 Å². The third-order valence-corrected chi connectivity index (χ3v) is 4.31. The second kappa shape index (κ2) is 4.49. The smallest absolute Gasteiger partial charge is 0.180 e. The van der Waals surface area contributed by atoms with E-state index in [2.05, 4.69) is 44.0 Å². The van der Waals surface area contributed by atoms with Crippen molar-refractivity contribution in [3.05, 3.63) is 45.5 Å². The van der Waals surface area contributed by atoms with Crippen LogP contribution < -0.4 is 5.73 Å². The average Bonchev–Trinajstić information content (AvgIpc) is 2.60. The lowest BCUT2D eigenvalue weighted by Gasteiger charge is -2.14. The zero-order valence-corrected chi connectivity index (χ0v) is 11.6. The van der Waals surface area contributed by atoms with Crippen molar-refractivity contribution < 1.29 is 0 Å². The predicted octanol–water partition coefficient (Wildman–Crippen LogP) is 3.80. The van der Waals surface area contributed by atoms with E-state index in [4.69, 9.17) is 5.73 Å². The van der Waals surface area contributed by atoms with Crippen molar-refractivity contribution in [3.63, 3.8) is 0 Å². The van der Waals surface area contributed by atoms with Crippen molar-refractivity contribution in [2.75, 3.05) is 5.73 Å². The molecule has 17 heavy (non-hydrogen) atoms. The molecule has 1 unspecified atom stereocenters. The number of nitrogens with two attached hydrogens (primary N) is 1. The lowest BCUT2D eigenvalue weighted by Crippen LogP contribution is -1.99. The Morgan fingerprint density at radius 1 is 1.24 bits per heavy atom. The summed E-state index contributed by atoms with van der Waals surface area (Å²) in [6.07, 6.45) is 0. The summed E-state index contributed by atoms with van der Waals surface area (Å²) in [5.41, 5.74) is 10.8. The fourth-order valence-corrected chi connectivity index (χ4v) is 3.10. The van der Waals surface area contributed by atoms with Crippen LogP contribution in [-0.4, -0.2) is 4.98 Å². The normalized spacial score (nSPS) is 12.7. The van der Waals surface area contributed by atoms with Gasteiger partial charge in [0.25, 0.3) is 0 Å². The van der Waals surface area contributed by atoms with Gasteiger partial charge in [-0.1, -0.05) is 30.7 Å². The Labute approximate surface area is 107 Å². The molecule has 0 bridgehead atoms. The molecule has 2 nitrogen and oxygen atoms in total. The highest BCUT2D eigenvalue weighted by molar-refractivity contribution is 7.15. The standard InChI is InChI=1S/C14H18N2S/c1-8-5-6-9(2)12(7-8)10(3)13-11(4)16-14(15)17-13/h5-7,10H,1-4H3,(H2,15,16). The van der Waals surface area contributed by atoms with Gasteiger partial charge in [0.05, 0.1) is 5.69 Å². The number of aryl methyl sites for hydroxylation is 3. The Bertz CT molecular complexity index is 543. The van der Waals surface area contributed by atoms with Crippen LogP contribution in [0.3, 0.4) is 0 Å². The summed E-state index contributed by atoms with van der Waals surface area (Å²) in [5, 5.41) is 0.662. The molecule has 1 atom stereocenters. The Morgan fingerprint density at radius 2 is 1.94 bits per heavy atom. The van der Waals surface area contributed by atoms with Crippen LogP contribution in [0.4, 0.5) is 5.13 Å². The molecule has 0 aliphatic carbocycles. The predicted molar refractivity (Wildman–Crippen MR) is 74.7 cm³/mol. The highest BCUT2D eigenvalue weighted by atomic mass is 32.1. The molecule has 0 fully saturated rings. The number of rotatable bonds is 2. The SMILES string of the molecule is Cc1ccc(C)c(C(C)c2sc(N)nc2C)c1. The topological polar surface area (TPSA) is 38.9 Å². The van der Waals surface area contributed by atoms with Crippen LogP contribution in [0.1, 0.15) is 40.1 Å². The van der Waals surface area contributed by atoms with Gasteiger partial charge in [0, 0.05) is 10.8 Å². The number of anilines is 1. The van der Waals surface area contributed by atoms with Crippen molar-refractivity contribution in [2.45, 2.75) is 33.6 Å². The first kappa shape index (κ1) is 12.1. The van der Waals surface area contributed by atoms with Crippen LogP contribution >= 0.6 is 11.3 Å². The van der Waals surface area contributed by atoms with Gasteiger partial charge >= 0.3 is 0 Å². The van der Waals surface area contributed by atoms with E-state index in [1.54, 1.807) is 11.3 Å². The van der Waals surface area contributed by atoms with Gasteiger partial charge in [-0.3, -0.25) is 0 Å². The first-order valence-corrected chi connectivity index (χ1v) is 6.60. The summed E-state index contributed by atoms with van der Waals surface area (Å²) in [5.74, 6) is 0.365. The molecule has 0 radical (unpaired) electrons. The van der Waals surface area contributed by atoms with Crippen molar-refractivity contribution in [3.8, 4) is 0 Å². The van der Waals surface area contributed by atoms with Crippen LogP contribution in [0.5, 0.6) is 0 Å². The van der Waals surface area contributed by atoms with E-state index in [1.165, 1.54) is 21.6 Å². The Hall–Kier alpha value is -1.35. The number of hydrogen-bond acceptors (Lipinski definition) is 3. The van der Waals surface area contributed by atoms with E-state index in [1.807, 2.05) is 6.92 Å². The largest absolute Gasteiger partial charge is 0.375 e. The van der Waals surface area contributed by atoms with Gasteiger partial charge in [-0.05, 0) is 31.9 Å². The van der Waals surface area contributed by atoms with E-state index in [0.29, 0.717) is 11.0 Å². The molecular weight excluding hydrogens is 228 g/mol. The number of benzene rings is 1. The van der Waals surface area contributed by atoms with Gasteiger partial charge in [-0.15, -0.1) is 11.3 Å². The zero-order valence-electron chi connectivity index (χ0n) is 10.7. The summed E-state index contributed by atoms with van der Waals surface area (Å²) >= 11 is 1.60. The Kier molecular flexibility index (Phi) is 3.20. The molecule has 0 amide bonds. The minimum absolute atomic E-state index is 0.365. The summed E-state index contributed by atoms with van der Waals surface area (Å²) in [4.78, 5) is 5.58. The van der Waals surface area contributed by atoms with Gasteiger partial charge in [0.15, 0.2) is 5.13 Å². The van der Waals surface area contributed by atoms with Gasteiger partial charge in [-0.25, -0.2) is 4.98 Å². The van der Waals surface area contributed by atoms with Gasteiger partial charge in [0.2, 0.25) is 0 Å². The fourth-order valence-electron chi connectivity index (χ4n) is 2.20. The molecule has 0 saturated carbocycles. The Balaban J connectivity index is 2.46. The maximum atomic E-state index is 5.77. The van der Waals surface area contributed by atoms with E-state index >= 15 is 0 Å². The minimum Gasteiger partial charge on any atom is -0.375 e. The molecule has 1 aromatic carbocycles. The number of nitrogens with zero attached hydrogens (tertiary/aromatic N) is 1.